The van der Waals surface area contributed by atoms with Gasteiger partial charge >= 0.3 is 0 Å². The summed E-state index contributed by atoms with van der Waals surface area (Å²) in [6, 6.07) is 1.76. The van der Waals surface area contributed by atoms with Crippen molar-refractivity contribution in [3.05, 3.63) is 16.3 Å². The fourth-order valence-corrected chi connectivity index (χ4v) is 5.01. The maximum absolute atomic E-state index is 12.5. The number of hydrogen-bond donors (Lipinski definition) is 1. The molecule has 0 bridgehead atoms. The zero-order chi connectivity index (χ0) is 13.9. The van der Waals surface area contributed by atoms with E-state index >= 15 is 0 Å². The van der Waals surface area contributed by atoms with Crippen LogP contribution in [0.4, 0.5) is 0 Å². The molecule has 1 aromatic heterocycles. The summed E-state index contributed by atoms with van der Waals surface area (Å²) in [5, 5.41) is 4.75. The third-order valence-electron chi connectivity index (χ3n) is 3.29. The summed E-state index contributed by atoms with van der Waals surface area (Å²) in [6.07, 6.45) is 1.79. The quantitative estimate of drug-likeness (QED) is 0.890. The SMILES string of the molecule is CNCc1cc(S(=O)(=O)N2CCCC(OC)C2)cs1. The van der Waals surface area contributed by atoms with Crippen LogP contribution in [0, 0.1) is 0 Å². The highest BCUT2D eigenvalue weighted by Gasteiger charge is 2.30. The molecule has 0 aliphatic carbocycles. The van der Waals surface area contributed by atoms with Gasteiger partial charge in [0.2, 0.25) is 10.0 Å². The molecule has 1 saturated heterocycles. The van der Waals surface area contributed by atoms with Crippen LogP contribution in [-0.2, 0) is 21.3 Å². The van der Waals surface area contributed by atoms with Crippen LogP contribution in [0.15, 0.2) is 16.3 Å². The molecule has 7 heteroatoms. The molecule has 5 nitrogen and oxygen atoms in total. The van der Waals surface area contributed by atoms with Crippen molar-refractivity contribution >= 4 is 21.4 Å². The van der Waals surface area contributed by atoms with Gasteiger partial charge in [0, 0.05) is 37.0 Å². The Hall–Kier alpha value is -0.470. The molecule has 19 heavy (non-hydrogen) atoms. The van der Waals surface area contributed by atoms with E-state index in [1.807, 2.05) is 7.05 Å². The molecule has 1 aromatic rings. The van der Waals surface area contributed by atoms with Gasteiger partial charge in [-0.05, 0) is 26.0 Å². The van der Waals surface area contributed by atoms with Crippen LogP contribution in [0.3, 0.4) is 0 Å². The van der Waals surface area contributed by atoms with E-state index < -0.39 is 10.0 Å². The lowest BCUT2D eigenvalue weighted by Gasteiger charge is -2.30. The third-order valence-corrected chi connectivity index (χ3v) is 6.22. The maximum atomic E-state index is 12.5. The van der Waals surface area contributed by atoms with Gasteiger partial charge in [0.1, 0.15) is 0 Å². The van der Waals surface area contributed by atoms with Crippen molar-refractivity contribution in [1.82, 2.24) is 9.62 Å². The van der Waals surface area contributed by atoms with E-state index in [2.05, 4.69) is 5.32 Å². The summed E-state index contributed by atoms with van der Waals surface area (Å²) in [5.41, 5.74) is 0. The van der Waals surface area contributed by atoms with Crippen molar-refractivity contribution in [3.63, 3.8) is 0 Å². The van der Waals surface area contributed by atoms with Crippen molar-refractivity contribution in [2.24, 2.45) is 0 Å². The summed E-state index contributed by atoms with van der Waals surface area (Å²) in [6.45, 7) is 1.73. The summed E-state index contributed by atoms with van der Waals surface area (Å²) < 4.78 is 31.9. The number of thiophene rings is 1. The van der Waals surface area contributed by atoms with Gasteiger partial charge in [0.15, 0.2) is 0 Å². The second-order valence-corrected chi connectivity index (χ2v) is 7.58. The predicted octanol–water partition coefficient (Wildman–Crippen LogP) is 1.27. The van der Waals surface area contributed by atoms with Crippen molar-refractivity contribution in [1.29, 1.82) is 0 Å². The molecule has 0 saturated carbocycles. The average Bonchev–Trinajstić information content (AvgIpc) is 2.88. The standard InChI is InChI=1S/C12H20N2O3S2/c1-13-7-11-6-12(9-18-11)19(15,16)14-5-3-4-10(8-14)17-2/h6,9-10,13H,3-5,7-8H2,1-2H3. The van der Waals surface area contributed by atoms with E-state index in [0.29, 0.717) is 24.5 Å². The smallest absolute Gasteiger partial charge is 0.243 e. The van der Waals surface area contributed by atoms with Crippen LogP contribution in [-0.4, -0.2) is 46.1 Å². The number of rotatable bonds is 5. The second-order valence-electron chi connectivity index (χ2n) is 4.64. The molecule has 1 unspecified atom stereocenters. The topological polar surface area (TPSA) is 58.6 Å². The van der Waals surface area contributed by atoms with Gasteiger partial charge in [-0.1, -0.05) is 0 Å². The molecular weight excluding hydrogens is 284 g/mol. The van der Waals surface area contributed by atoms with Crippen LogP contribution in [0.5, 0.6) is 0 Å². The van der Waals surface area contributed by atoms with Gasteiger partial charge in [-0.2, -0.15) is 4.31 Å². The number of hydrogen-bond acceptors (Lipinski definition) is 5. The monoisotopic (exact) mass is 304 g/mol. The molecule has 0 aromatic carbocycles. The Labute approximate surface area is 118 Å². The lowest BCUT2D eigenvalue weighted by Crippen LogP contribution is -2.42. The highest BCUT2D eigenvalue weighted by atomic mass is 32.2. The van der Waals surface area contributed by atoms with Crippen LogP contribution in [0.2, 0.25) is 0 Å². The first kappa shape index (κ1) is 14.9. The number of nitrogens with zero attached hydrogens (tertiary/aromatic N) is 1. The Morgan fingerprint density at radius 3 is 3.05 bits per heavy atom. The minimum Gasteiger partial charge on any atom is -0.380 e. The number of methoxy groups -OCH3 is 1. The fourth-order valence-electron chi connectivity index (χ4n) is 2.23. The first-order valence-electron chi connectivity index (χ1n) is 6.33. The lowest BCUT2D eigenvalue weighted by molar-refractivity contribution is 0.0572. The van der Waals surface area contributed by atoms with Crippen molar-refractivity contribution in [3.8, 4) is 0 Å². The molecular formula is C12H20N2O3S2. The Morgan fingerprint density at radius 1 is 1.58 bits per heavy atom. The molecule has 0 spiro atoms. The molecule has 2 rings (SSSR count). The van der Waals surface area contributed by atoms with Gasteiger partial charge in [-0.25, -0.2) is 8.42 Å². The first-order chi connectivity index (χ1) is 9.07. The summed E-state index contributed by atoms with van der Waals surface area (Å²) in [5.74, 6) is 0. The Morgan fingerprint density at radius 2 is 2.37 bits per heavy atom. The van der Waals surface area contributed by atoms with E-state index in [0.717, 1.165) is 17.7 Å². The van der Waals surface area contributed by atoms with Crippen molar-refractivity contribution < 1.29 is 13.2 Å². The Kier molecular flexibility index (Phi) is 4.97. The molecule has 1 aliphatic heterocycles. The number of piperidine rings is 1. The van der Waals surface area contributed by atoms with E-state index in [9.17, 15) is 8.42 Å². The molecule has 1 N–H and O–H groups in total. The van der Waals surface area contributed by atoms with Gasteiger partial charge in [-0.15, -0.1) is 11.3 Å². The van der Waals surface area contributed by atoms with E-state index in [1.54, 1.807) is 18.6 Å². The lowest BCUT2D eigenvalue weighted by atomic mass is 10.1. The normalized spacial score (nSPS) is 21.7. The second kappa shape index (κ2) is 6.32. The minimum absolute atomic E-state index is 0.0129. The minimum atomic E-state index is -3.37. The molecule has 1 aliphatic rings. The van der Waals surface area contributed by atoms with E-state index in [-0.39, 0.29) is 6.10 Å². The predicted molar refractivity (Wildman–Crippen MR) is 75.9 cm³/mol. The van der Waals surface area contributed by atoms with Crippen molar-refractivity contribution in [2.75, 3.05) is 27.2 Å². The van der Waals surface area contributed by atoms with E-state index in [1.165, 1.54) is 15.6 Å². The van der Waals surface area contributed by atoms with E-state index in [4.69, 9.17) is 4.74 Å². The molecule has 1 fully saturated rings. The zero-order valence-electron chi connectivity index (χ0n) is 11.3. The van der Waals surface area contributed by atoms with Gasteiger partial charge in [0.25, 0.3) is 0 Å². The maximum Gasteiger partial charge on any atom is 0.243 e. The third kappa shape index (κ3) is 3.35. The Bertz CT molecular complexity index is 513. The van der Waals surface area contributed by atoms with Crippen LogP contribution < -0.4 is 5.32 Å². The highest BCUT2D eigenvalue weighted by molar-refractivity contribution is 7.89. The highest BCUT2D eigenvalue weighted by Crippen LogP contribution is 2.25. The average molecular weight is 304 g/mol. The van der Waals surface area contributed by atoms with Gasteiger partial charge in [0.05, 0.1) is 11.0 Å². The molecule has 1 atom stereocenters. The van der Waals surface area contributed by atoms with Gasteiger partial charge < -0.3 is 10.1 Å². The summed E-state index contributed by atoms with van der Waals surface area (Å²) in [4.78, 5) is 1.43. The first-order valence-corrected chi connectivity index (χ1v) is 8.65. The number of ether oxygens (including phenoxy) is 1. The zero-order valence-corrected chi connectivity index (χ0v) is 12.9. The molecule has 0 radical (unpaired) electrons. The van der Waals surface area contributed by atoms with Crippen LogP contribution >= 0.6 is 11.3 Å². The van der Waals surface area contributed by atoms with Crippen LogP contribution in [0.25, 0.3) is 0 Å². The van der Waals surface area contributed by atoms with Crippen LogP contribution in [0.1, 0.15) is 17.7 Å². The Balaban J connectivity index is 2.16. The fraction of sp³-hybridized carbons (Fsp3) is 0.667. The summed E-state index contributed by atoms with van der Waals surface area (Å²) >= 11 is 1.47. The molecule has 108 valence electrons. The molecule has 2 heterocycles. The van der Waals surface area contributed by atoms with Crippen molar-refractivity contribution in [2.45, 2.75) is 30.4 Å². The number of nitrogens with one attached hydrogen (secondary N) is 1. The number of sulfonamides is 1. The van der Waals surface area contributed by atoms with Gasteiger partial charge in [-0.3, -0.25) is 0 Å². The largest absolute Gasteiger partial charge is 0.380 e. The summed E-state index contributed by atoms with van der Waals surface area (Å²) in [7, 11) is 0.118. The molecule has 0 amide bonds.